The molecule has 0 unspecified atom stereocenters. The standard InChI is InChI=1S/C19H21N5O2/c1-19(2,3)15-10-17(26-24-15)23-18(25)22-14-7-4-12(5-8-14)13-6-9-16(20)21-11-13/h4-11H,1-3H3,(H2,20,21)(H2,22,23,25). The lowest BCUT2D eigenvalue weighted by atomic mass is 9.92. The van der Waals surface area contributed by atoms with Crippen LogP contribution in [0.2, 0.25) is 0 Å². The highest BCUT2D eigenvalue weighted by Crippen LogP contribution is 2.24. The second kappa shape index (κ2) is 6.87. The normalized spacial score (nSPS) is 11.2. The number of amides is 2. The Morgan fingerprint density at radius 1 is 1.04 bits per heavy atom. The van der Waals surface area contributed by atoms with Crippen molar-refractivity contribution in [1.29, 1.82) is 0 Å². The molecule has 1 aromatic carbocycles. The van der Waals surface area contributed by atoms with Gasteiger partial charge in [-0.15, -0.1) is 0 Å². The van der Waals surface area contributed by atoms with Gasteiger partial charge < -0.3 is 15.6 Å². The molecule has 7 nitrogen and oxygen atoms in total. The number of carbonyl (C=O) groups excluding carboxylic acids is 1. The monoisotopic (exact) mass is 351 g/mol. The fourth-order valence-corrected chi connectivity index (χ4v) is 2.28. The van der Waals surface area contributed by atoms with Crippen LogP contribution in [0.3, 0.4) is 0 Å². The van der Waals surface area contributed by atoms with Crippen LogP contribution in [0.25, 0.3) is 11.1 Å². The molecule has 0 bridgehead atoms. The number of nitrogens with two attached hydrogens (primary N) is 1. The van der Waals surface area contributed by atoms with Crippen molar-refractivity contribution in [3.05, 3.63) is 54.4 Å². The van der Waals surface area contributed by atoms with Crippen molar-refractivity contribution in [1.82, 2.24) is 10.1 Å². The number of nitrogens with one attached hydrogen (secondary N) is 2. The van der Waals surface area contributed by atoms with Gasteiger partial charge >= 0.3 is 6.03 Å². The summed E-state index contributed by atoms with van der Waals surface area (Å²) in [5.74, 6) is 0.780. The van der Waals surface area contributed by atoms with Crippen LogP contribution in [0, 0.1) is 0 Å². The summed E-state index contributed by atoms with van der Waals surface area (Å²) in [6, 6.07) is 12.4. The molecule has 0 radical (unpaired) electrons. The van der Waals surface area contributed by atoms with Crippen LogP contribution in [0.1, 0.15) is 26.5 Å². The molecule has 3 rings (SSSR count). The summed E-state index contributed by atoms with van der Waals surface area (Å²) in [4.78, 5) is 16.2. The zero-order chi connectivity index (χ0) is 18.7. The maximum absolute atomic E-state index is 12.1. The van der Waals surface area contributed by atoms with Crippen molar-refractivity contribution >= 4 is 23.4 Å². The molecule has 0 aliphatic rings. The van der Waals surface area contributed by atoms with Crippen molar-refractivity contribution < 1.29 is 9.32 Å². The molecule has 0 aliphatic carbocycles. The van der Waals surface area contributed by atoms with Crippen LogP contribution in [-0.2, 0) is 5.41 Å². The minimum absolute atomic E-state index is 0.146. The van der Waals surface area contributed by atoms with Gasteiger partial charge in [-0.1, -0.05) is 38.1 Å². The molecular formula is C19H21N5O2. The van der Waals surface area contributed by atoms with E-state index in [4.69, 9.17) is 10.3 Å². The number of hydrogen-bond donors (Lipinski definition) is 3. The molecule has 2 amide bonds. The largest absolute Gasteiger partial charge is 0.384 e. The molecule has 0 spiro atoms. The second-order valence-corrected chi connectivity index (χ2v) is 6.95. The average molecular weight is 351 g/mol. The zero-order valence-corrected chi connectivity index (χ0v) is 14.9. The topological polar surface area (TPSA) is 106 Å². The molecule has 2 aromatic heterocycles. The van der Waals surface area contributed by atoms with Crippen molar-refractivity contribution in [2.24, 2.45) is 0 Å². The summed E-state index contributed by atoms with van der Waals surface area (Å²) in [6.07, 6.45) is 1.71. The maximum Gasteiger partial charge on any atom is 0.326 e. The van der Waals surface area contributed by atoms with E-state index in [0.717, 1.165) is 16.8 Å². The minimum Gasteiger partial charge on any atom is -0.384 e. The van der Waals surface area contributed by atoms with Crippen LogP contribution >= 0.6 is 0 Å². The van der Waals surface area contributed by atoms with Crippen molar-refractivity contribution in [3.63, 3.8) is 0 Å². The summed E-state index contributed by atoms with van der Waals surface area (Å²) in [5, 5.41) is 9.35. The van der Waals surface area contributed by atoms with Crippen molar-refractivity contribution in [2.75, 3.05) is 16.4 Å². The molecule has 0 aliphatic heterocycles. The molecule has 134 valence electrons. The van der Waals surface area contributed by atoms with Crippen LogP contribution in [-0.4, -0.2) is 16.2 Å². The van der Waals surface area contributed by atoms with Gasteiger partial charge in [-0.3, -0.25) is 5.32 Å². The lowest BCUT2D eigenvalue weighted by molar-refractivity contribution is 0.261. The summed E-state index contributed by atoms with van der Waals surface area (Å²) in [7, 11) is 0. The van der Waals surface area contributed by atoms with E-state index in [2.05, 4.69) is 20.8 Å². The summed E-state index contributed by atoms with van der Waals surface area (Å²) >= 11 is 0. The number of carbonyl (C=O) groups is 1. The van der Waals surface area contributed by atoms with E-state index < -0.39 is 6.03 Å². The first-order valence-electron chi connectivity index (χ1n) is 8.18. The van der Waals surface area contributed by atoms with E-state index >= 15 is 0 Å². The summed E-state index contributed by atoms with van der Waals surface area (Å²) in [5.41, 5.74) is 8.81. The van der Waals surface area contributed by atoms with E-state index in [9.17, 15) is 4.79 Å². The van der Waals surface area contributed by atoms with E-state index in [1.165, 1.54) is 0 Å². The number of benzene rings is 1. The van der Waals surface area contributed by atoms with Gasteiger partial charge in [0, 0.05) is 28.9 Å². The van der Waals surface area contributed by atoms with Gasteiger partial charge in [-0.2, -0.15) is 0 Å². The van der Waals surface area contributed by atoms with Gasteiger partial charge in [0.1, 0.15) is 5.82 Å². The molecule has 4 N–H and O–H groups in total. The van der Waals surface area contributed by atoms with E-state index in [1.54, 1.807) is 18.3 Å². The molecule has 26 heavy (non-hydrogen) atoms. The lowest BCUT2D eigenvalue weighted by Crippen LogP contribution is -2.19. The maximum atomic E-state index is 12.1. The van der Waals surface area contributed by atoms with Gasteiger partial charge in [0.25, 0.3) is 0 Å². The predicted octanol–water partition coefficient (Wildman–Crippen LogP) is 4.26. The average Bonchev–Trinajstić information content (AvgIpc) is 3.05. The van der Waals surface area contributed by atoms with E-state index in [0.29, 0.717) is 17.4 Å². The van der Waals surface area contributed by atoms with Crippen LogP contribution in [0.4, 0.5) is 22.2 Å². The molecule has 0 fully saturated rings. The number of anilines is 3. The number of hydrogen-bond acceptors (Lipinski definition) is 5. The number of aromatic nitrogens is 2. The molecule has 0 atom stereocenters. The van der Waals surface area contributed by atoms with Crippen molar-refractivity contribution in [2.45, 2.75) is 26.2 Å². The first kappa shape index (κ1) is 17.5. The first-order chi connectivity index (χ1) is 12.3. The zero-order valence-electron chi connectivity index (χ0n) is 14.9. The first-order valence-corrected chi connectivity index (χ1v) is 8.18. The van der Waals surface area contributed by atoms with Gasteiger partial charge in [-0.05, 0) is 29.8 Å². The third-order valence-corrected chi connectivity index (χ3v) is 3.78. The van der Waals surface area contributed by atoms with Crippen LogP contribution in [0.5, 0.6) is 0 Å². The molecular weight excluding hydrogens is 330 g/mol. The fourth-order valence-electron chi connectivity index (χ4n) is 2.28. The number of urea groups is 1. The van der Waals surface area contributed by atoms with Gasteiger partial charge in [-0.25, -0.2) is 9.78 Å². The number of rotatable bonds is 3. The Morgan fingerprint density at radius 2 is 1.73 bits per heavy atom. The van der Waals surface area contributed by atoms with Crippen LogP contribution in [0.15, 0.2) is 53.2 Å². The SMILES string of the molecule is CC(C)(C)c1cc(NC(=O)Nc2ccc(-c3ccc(N)nc3)cc2)on1. The van der Waals surface area contributed by atoms with Crippen LogP contribution < -0.4 is 16.4 Å². The smallest absolute Gasteiger partial charge is 0.326 e. The molecule has 2 heterocycles. The fraction of sp³-hybridized carbons (Fsp3) is 0.211. The third kappa shape index (κ3) is 4.18. The minimum atomic E-state index is -0.400. The highest BCUT2D eigenvalue weighted by atomic mass is 16.5. The lowest BCUT2D eigenvalue weighted by Gasteiger charge is -2.12. The Bertz CT molecular complexity index is 893. The summed E-state index contributed by atoms with van der Waals surface area (Å²) < 4.78 is 5.15. The quantitative estimate of drug-likeness (QED) is 0.654. The number of nitrogens with zero attached hydrogens (tertiary/aromatic N) is 2. The molecule has 3 aromatic rings. The van der Waals surface area contributed by atoms with Crippen molar-refractivity contribution in [3.8, 4) is 11.1 Å². The second-order valence-electron chi connectivity index (χ2n) is 6.95. The van der Waals surface area contributed by atoms with Gasteiger partial charge in [0.2, 0.25) is 5.88 Å². The molecule has 0 saturated heterocycles. The summed E-state index contributed by atoms with van der Waals surface area (Å²) in [6.45, 7) is 6.06. The highest BCUT2D eigenvalue weighted by molar-refractivity contribution is 5.99. The van der Waals surface area contributed by atoms with E-state index in [1.807, 2.05) is 51.1 Å². The Labute approximate surface area is 151 Å². The third-order valence-electron chi connectivity index (χ3n) is 3.78. The predicted molar refractivity (Wildman–Crippen MR) is 102 cm³/mol. The van der Waals surface area contributed by atoms with E-state index in [-0.39, 0.29) is 5.41 Å². The Morgan fingerprint density at radius 3 is 2.31 bits per heavy atom. The highest BCUT2D eigenvalue weighted by Gasteiger charge is 2.19. The van der Waals surface area contributed by atoms with Gasteiger partial charge in [0.15, 0.2) is 0 Å². The Hall–Kier alpha value is -3.35. The number of nitrogen functional groups attached to an aromatic ring is 1. The Kier molecular flexibility index (Phi) is 4.62. The number of pyridine rings is 1. The van der Waals surface area contributed by atoms with Gasteiger partial charge in [0.05, 0.1) is 5.69 Å². The molecule has 7 heteroatoms. The molecule has 0 saturated carbocycles. The Balaban J connectivity index is 1.62.